The predicted molar refractivity (Wildman–Crippen MR) is 71.5 cm³/mol. The van der Waals surface area contributed by atoms with Gasteiger partial charge in [-0.25, -0.2) is 9.59 Å². The lowest BCUT2D eigenvalue weighted by molar-refractivity contribution is -0.139. The third-order valence-corrected chi connectivity index (χ3v) is 2.63. The lowest BCUT2D eigenvalue weighted by atomic mass is 10.1. The quantitative estimate of drug-likeness (QED) is 0.790. The number of carboxylic acid groups (broad SMARTS) is 1. The van der Waals surface area contributed by atoms with Crippen molar-refractivity contribution in [1.82, 2.24) is 10.6 Å². The molecule has 1 aromatic heterocycles. The number of hydrogen-bond acceptors (Lipinski definition) is 4. The molecule has 0 aliphatic heterocycles. The highest BCUT2D eigenvalue weighted by molar-refractivity contribution is 6.03. The van der Waals surface area contributed by atoms with Gasteiger partial charge < -0.3 is 14.8 Å². The van der Waals surface area contributed by atoms with Crippen LogP contribution < -0.4 is 10.6 Å². The SMILES string of the molecule is O=C(NC(=O)c1ccco1)N[C@H](C(=O)O)c1ccccc1. The van der Waals surface area contributed by atoms with Gasteiger partial charge in [-0.3, -0.25) is 10.1 Å². The summed E-state index contributed by atoms with van der Waals surface area (Å²) in [5, 5.41) is 13.4. The first-order valence-electron chi connectivity index (χ1n) is 6.01. The number of nitrogens with one attached hydrogen (secondary N) is 2. The van der Waals surface area contributed by atoms with Crippen molar-refractivity contribution in [1.29, 1.82) is 0 Å². The number of rotatable bonds is 4. The molecule has 3 amide bonds. The third kappa shape index (κ3) is 3.69. The molecule has 0 spiro atoms. The molecule has 7 nitrogen and oxygen atoms in total. The molecule has 1 atom stereocenters. The highest BCUT2D eigenvalue weighted by Crippen LogP contribution is 2.12. The summed E-state index contributed by atoms with van der Waals surface area (Å²) in [6.45, 7) is 0. The van der Waals surface area contributed by atoms with Crippen LogP contribution in [0.15, 0.2) is 53.1 Å². The molecule has 1 heterocycles. The van der Waals surface area contributed by atoms with Crippen molar-refractivity contribution in [3.63, 3.8) is 0 Å². The lowest BCUT2D eigenvalue weighted by Crippen LogP contribution is -2.43. The van der Waals surface area contributed by atoms with Crippen molar-refractivity contribution in [2.45, 2.75) is 6.04 Å². The van der Waals surface area contributed by atoms with Crippen LogP contribution in [0.1, 0.15) is 22.2 Å². The van der Waals surface area contributed by atoms with Crippen molar-refractivity contribution >= 4 is 17.9 Å². The largest absolute Gasteiger partial charge is 0.479 e. The molecule has 0 saturated heterocycles. The molecule has 1 aromatic carbocycles. The van der Waals surface area contributed by atoms with Crippen molar-refractivity contribution < 1.29 is 23.9 Å². The number of imide groups is 1. The Morgan fingerprint density at radius 2 is 1.76 bits per heavy atom. The zero-order valence-corrected chi connectivity index (χ0v) is 10.8. The molecule has 7 heteroatoms. The molecule has 2 aromatic rings. The van der Waals surface area contributed by atoms with Gasteiger partial charge in [-0.2, -0.15) is 0 Å². The maximum Gasteiger partial charge on any atom is 0.330 e. The molecule has 0 bridgehead atoms. The van der Waals surface area contributed by atoms with E-state index >= 15 is 0 Å². The summed E-state index contributed by atoms with van der Waals surface area (Å²) in [5.41, 5.74) is 0.394. The first-order chi connectivity index (χ1) is 10.1. The number of amides is 3. The fourth-order valence-corrected chi connectivity index (χ4v) is 1.67. The Hall–Kier alpha value is -3.09. The molecule has 3 N–H and O–H groups in total. The van der Waals surface area contributed by atoms with Crippen molar-refractivity contribution in [3.8, 4) is 0 Å². The summed E-state index contributed by atoms with van der Waals surface area (Å²) < 4.78 is 4.82. The van der Waals surface area contributed by atoms with E-state index in [9.17, 15) is 14.4 Å². The van der Waals surface area contributed by atoms with Gasteiger partial charge in [-0.15, -0.1) is 0 Å². The Morgan fingerprint density at radius 3 is 2.33 bits per heavy atom. The first-order valence-corrected chi connectivity index (χ1v) is 6.01. The van der Waals surface area contributed by atoms with Gasteiger partial charge >= 0.3 is 12.0 Å². The van der Waals surface area contributed by atoms with Gasteiger partial charge in [0.2, 0.25) is 0 Å². The molecular formula is C14H12N2O5. The van der Waals surface area contributed by atoms with Crippen LogP contribution >= 0.6 is 0 Å². The Balaban J connectivity index is 2.03. The number of benzene rings is 1. The molecule has 0 aliphatic rings. The summed E-state index contributed by atoms with van der Waals surface area (Å²) in [7, 11) is 0. The van der Waals surface area contributed by atoms with Crippen LogP contribution in [0.2, 0.25) is 0 Å². The number of aliphatic carboxylic acids is 1. The summed E-state index contributed by atoms with van der Waals surface area (Å²) in [5.74, 6) is -2.03. The van der Waals surface area contributed by atoms with Crippen LogP contribution in [0.3, 0.4) is 0 Å². The van der Waals surface area contributed by atoms with E-state index in [0.717, 1.165) is 0 Å². The van der Waals surface area contributed by atoms with Crippen molar-refractivity contribution in [2.24, 2.45) is 0 Å². The zero-order chi connectivity index (χ0) is 15.2. The number of carbonyl (C=O) groups is 3. The Kier molecular flexibility index (Phi) is 4.35. The minimum Gasteiger partial charge on any atom is -0.479 e. The van der Waals surface area contributed by atoms with Crippen LogP contribution in [0, 0.1) is 0 Å². The average Bonchev–Trinajstić information content (AvgIpc) is 2.99. The molecule has 0 saturated carbocycles. The molecule has 108 valence electrons. The second-order valence-electron chi connectivity index (χ2n) is 4.09. The Labute approximate surface area is 119 Å². The van der Waals surface area contributed by atoms with Crippen LogP contribution in [-0.4, -0.2) is 23.0 Å². The van der Waals surface area contributed by atoms with Crippen LogP contribution in [0.25, 0.3) is 0 Å². The number of urea groups is 1. The standard InChI is InChI=1S/C14H12N2O5/c17-12(10-7-4-8-21-10)16-14(20)15-11(13(18)19)9-5-2-1-3-6-9/h1-8,11H,(H,18,19)(H2,15,16,17,20)/t11-/m0/s1. The van der Waals surface area contributed by atoms with Crippen LogP contribution in [0.4, 0.5) is 4.79 Å². The van der Waals surface area contributed by atoms with Crippen molar-refractivity contribution in [3.05, 3.63) is 60.1 Å². The highest BCUT2D eigenvalue weighted by Gasteiger charge is 2.23. The molecular weight excluding hydrogens is 276 g/mol. The number of furan rings is 1. The van der Waals surface area contributed by atoms with E-state index in [1.54, 1.807) is 30.3 Å². The lowest BCUT2D eigenvalue weighted by Gasteiger charge is -2.14. The maximum absolute atomic E-state index is 11.7. The first kappa shape index (κ1) is 14.3. The fraction of sp³-hybridized carbons (Fsp3) is 0.0714. The number of hydrogen-bond donors (Lipinski definition) is 3. The minimum absolute atomic E-state index is 0.0447. The predicted octanol–water partition coefficient (Wildman–Crippen LogP) is 1.54. The summed E-state index contributed by atoms with van der Waals surface area (Å²) >= 11 is 0. The van der Waals surface area contributed by atoms with Crippen LogP contribution in [-0.2, 0) is 4.79 Å². The normalized spacial score (nSPS) is 11.4. The van der Waals surface area contributed by atoms with E-state index < -0.39 is 23.9 Å². The van der Waals surface area contributed by atoms with Gasteiger partial charge in [0, 0.05) is 0 Å². The number of carbonyl (C=O) groups excluding carboxylic acids is 2. The van der Waals surface area contributed by atoms with Gasteiger partial charge in [0.15, 0.2) is 11.8 Å². The van der Waals surface area contributed by atoms with Gasteiger partial charge in [0.25, 0.3) is 5.91 Å². The van der Waals surface area contributed by atoms with E-state index in [2.05, 4.69) is 5.32 Å². The van der Waals surface area contributed by atoms with Crippen molar-refractivity contribution in [2.75, 3.05) is 0 Å². The summed E-state index contributed by atoms with van der Waals surface area (Å²) in [6.07, 6.45) is 1.29. The van der Waals surface area contributed by atoms with Crippen LogP contribution in [0.5, 0.6) is 0 Å². The topological polar surface area (TPSA) is 109 Å². The summed E-state index contributed by atoms with van der Waals surface area (Å²) in [6, 6.07) is 8.86. The van der Waals surface area contributed by atoms with E-state index in [-0.39, 0.29) is 5.76 Å². The van der Waals surface area contributed by atoms with E-state index in [1.807, 2.05) is 5.32 Å². The van der Waals surface area contributed by atoms with E-state index in [0.29, 0.717) is 5.56 Å². The second-order valence-corrected chi connectivity index (χ2v) is 4.09. The molecule has 0 radical (unpaired) electrons. The van der Waals surface area contributed by atoms with E-state index in [1.165, 1.54) is 18.4 Å². The third-order valence-electron chi connectivity index (χ3n) is 2.63. The average molecular weight is 288 g/mol. The van der Waals surface area contributed by atoms with Gasteiger partial charge in [0.05, 0.1) is 6.26 Å². The molecule has 0 unspecified atom stereocenters. The second kappa shape index (κ2) is 6.38. The maximum atomic E-state index is 11.7. The Bertz CT molecular complexity index is 637. The minimum atomic E-state index is -1.25. The smallest absolute Gasteiger partial charge is 0.330 e. The van der Waals surface area contributed by atoms with Gasteiger partial charge in [-0.05, 0) is 17.7 Å². The van der Waals surface area contributed by atoms with E-state index in [4.69, 9.17) is 9.52 Å². The monoisotopic (exact) mass is 288 g/mol. The van der Waals surface area contributed by atoms with Gasteiger partial charge in [-0.1, -0.05) is 30.3 Å². The number of carboxylic acids is 1. The highest BCUT2D eigenvalue weighted by atomic mass is 16.4. The molecule has 0 fully saturated rings. The summed E-state index contributed by atoms with van der Waals surface area (Å²) in [4.78, 5) is 34.5. The molecule has 21 heavy (non-hydrogen) atoms. The molecule has 2 rings (SSSR count). The molecule has 0 aliphatic carbocycles. The zero-order valence-electron chi connectivity index (χ0n) is 10.8. The van der Waals surface area contributed by atoms with Gasteiger partial charge in [0.1, 0.15) is 0 Å². The Morgan fingerprint density at radius 1 is 1.05 bits per heavy atom. The fourth-order valence-electron chi connectivity index (χ4n) is 1.67.